The summed E-state index contributed by atoms with van der Waals surface area (Å²) in [7, 11) is 0. The maximum absolute atomic E-state index is 13.0. The molecule has 1 aliphatic heterocycles. The van der Waals surface area contributed by atoms with E-state index in [2.05, 4.69) is 17.4 Å². The predicted octanol–water partition coefficient (Wildman–Crippen LogP) is 2.74. The van der Waals surface area contributed by atoms with Crippen molar-refractivity contribution in [2.75, 3.05) is 13.1 Å². The summed E-state index contributed by atoms with van der Waals surface area (Å²) in [4.78, 5) is 39.2. The van der Waals surface area contributed by atoms with Crippen LogP contribution < -0.4 is 10.9 Å². The first kappa shape index (κ1) is 19.8. The lowest BCUT2D eigenvalue weighted by Gasteiger charge is -2.31. The van der Waals surface area contributed by atoms with Gasteiger partial charge in [-0.2, -0.15) is 0 Å². The van der Waals surface area contributed by atoms with Crippen LogP contribution in [0.4, 0.5) is 4.39 Å². The van der Waals surface area contributed by atoms with Gasteiger partial charge in [0.1, 0.15) is 5.82 Å². The standard InChI is InChI=1S/C20H20FN3O3S/c1-2-18(25)24-11-3-4-14(12-24)19(26)22-23-20(27)17-10-9-16(28-17)13-5-7-15(21)8-6-13/h2,5-10,14H,1,3-4,11-12H2,(H,22,26)(H,23,27). The Morgan fingerprint density at radius 2 is 1.89 bits per heavy atom. The fourth-order valence-electron chi connectivity index (χ4n) is 3.03. The number of likely N-dealkylation sites (tertiary alicyclic amines) is 1. The highest BCUT2D eigenvalue weighted by molar-refractivity contribution is 7.17. The Kier molecular flexibility index (Phi) is 6.20. The Bertz CT molecular complexity index is 894. The first-order valence-electron chi connectivity index (χ1n) is 8.85. The lowest BCUT2D eigenvalue weighted by molar-refractivity contribution is -0.132. The van der Waals surface area contributed by atoms with Crippen molar-refractivity contribution in [1.82, 2.24) is 15.8 Å². The zero-order valence-electron chi connectivity index (χ0n) is 15.1. The molecule has 0 aliphatic carbocycles. The molecule has 146 valence electrons. The quantitative estimate of drug-likeness (QED) is 0.611. The number of rotatable bonds is 4. The van der Waals surface area contributed by atoms with Crippen LogP contribution in [0.1, 0.15) is 22.5 Å². The zero-order chi connectivity index (χ0) is 20.1. The minimum atomic E-state index is -0.429. The second-order valence-electron chi connectivity index (χ2n) is 6.44. The number of thiophene rings is 1. The molecule has 1 aromatic heterocycles. The van der Waals surface area contributed by atoms with Gasteiger partial charge in [0, 0.05) is 18.0 Å². The van der Waals surface area contributed by atoms with E-state index in [0.717, 1.165) is 16.9 Å². The van der Waals surface area contributed by atoms with Gasteiger partial charge in [-0.05, 0) is 48.7 Å². The summed E-state index contributed by atoms with van der Waals surface area (Å²) in [6.45, 7) is 4.37. The molecule has 8 heteroatoms. The van der Waals surface area contributed by atoms with E-state index in [-0.39, 0.29) is 23.5 Å². The molecule has 1 aromatic carbocycles. The molecule has 2 N–H and O–H groups in total. The van der Waals surface area contributed by atoms with Crippen LogP contribution in [0.2, 0.25) is 0 Å². The first-order valence-corrected chi connectivity index (χ1v) is 9.67. The lowest BCUT2D eigenvalue weighted by Crippen LogP contribution is -2.49. The number of carbonyl (C=O) groups is 3. The maximum Gasteiger partial charge on any atom is 0.279 e. The third-order valence-electron chi connectivity index (χ3n) is 4.54. The minimum absolute atomic E-state index is 0.201. The van der Waals surface area contributed by atoms with E-state index >= 15 is 0 Å². The first-order chi connectivity index (χ1) is 13.5. The van der Waals surface area contributed by atoms with E-state index in [1.54, 1.807) is 29.2 Å². The fourth-order valence-corrected chi connectivity index (χ4v) is 3.94. The number of benzene rings is 1. The average molecular weight is 401 g/mol. The maximum atomic E-state index is 13.0. The van der Waals surface area contributed by atoms with Gasteiger partial charge in [0.2, 0.25) is 11.8 Å². The lowest BCUT2D eigenvalue weighted by atomic mass is 9.97. The van der Waals surface area contributed by atoms with E-state index in [1.807, 2.05) is 0 Å². The van der Waals surface area contributed by atoms with Gasteiger partial charge in [-0.25, -0.2) is 4.39 Å². The Morgan fingerprint density at radius 3 is 2.61 bits per heavy atom. The van der Waals surface area contributed by atoms with Crippen LogP contribution in [-0.2, 0) is 9.59 Å². The number of nitrogens with zero attached hydrogens (tertiary/aromatic N) is 1. The second-order valence-corrected chi connectivity index (χ2v) is 7.53. The number of hydrazine groups is 1. The number of hydrogen-bond acceptors (Lipinski definition) is 4. The van der Waals surface area contributed by atoms with Gasteiger partial charge < -0.3 is 4.90 Å². The highest BCUT2D eigenvalue weighted by Gasteiger charge is 2.27. The number of amides is 3. The molecule has 1 atom stereocenters. The highest BCUT2D eigenvalue weighted by atomic mass is 32.1. The van der Waals surface area contributed by atoms with Crippen LogP contribution in [0.3, 0.4) is 0 Å². The summed E-state index contributed by atoms with van der Waals surface area (Å²) in [5, 5.41) is 0. The van der Waals surface area contributed by atoms with Crippen molar-refractivity contribution in [3.05, 3.63) is 59.7 Å². The van der Waals surface area contributed by atoms with E-state index in [0.29, 0.717) is 24.4 Å². The number of piperidine rings is 1. The van der Waals surface area contributed by atoms with Gasteiger partial charge in [0.25, 0.3) is 5.91 Å². The number of hydrogen-bond donors (Lipinski definition) is 2. The third-order valence-corrected chi connectivity index (χ3v) is 5.67. The van der Waals surface area contributed by atoms with Gasteiger partial charge in [-0.15, -0.1) is 11.3 Å². The van der Waals surface area contributed by atoms with Crippen molar-refractivity contribution >= 4 is 29.1 Å². The van der Waals surface area contributed by atoms with Crippen LogP contribution in [0.25, 0.3) is 10.4 Å². The van der Waals surface area contributed by atoms with Crippen molar-refractivity contribution in [2.45, 2.75) is 12.8 Å². The van der Waals surface area contributed by atoms with Crippen LogP contribution >= 0.6 is 11.3 Å². The summed E-state index contributed by atoms with van der Waals surface area (Å²) in [6, 6.07) is 9.43. The van der Waals surface area contributed by atoms with E-state index < -0.39 is 5.91 Å². The number of nitrogens with one attached hydrogen (secondary N) is 2. The van der Waals surface area contributed by atoms with Crippen molar-refractivity contribution in [1.29, 1.82) is 0 Å². The van der Waals surface area contributed by atoms with Gasteiger partial charge in [-0.3, -0.25) is 25.2 Å². The van der Waals surface area contributed by atoms with Crippen molar-refractivity contribution < 1.29 is 18.8 Å². The number of halogens is 1. The summed E-state index contributed by atoms with van der Waals surface area (Å²) in [5.41, 5.74) is 5.66. The van der Waals surface area contributed by atoms with Crippen LogP contribution in [0.5, 0.6) is 0 Å². The van der Waals surface area contributed by atoms with Crippen molar-refractivity contribution in [2.24, 2.45) is 5.92 Å². The molecule has 1 saturated heterocycles. The molecule has 1 fully saturated rings. The van der Waals surface area contributed by atoms with Crippen LogP contribution in [0, 0.1) is 11.7 Å². The van der Waals surface area contributed by atoms with E-state index in [1.165, 1.54) is 29.5 Å². The fraction of sp³-hybridized carbons (Fsp3) is 0.250. The SMILES string of the molecule is C=CC(=O)N1CCCC(C(=O)NNC(=O)c2ccc(-c3ccc(F)cc3)s2)C1. The highest BCUT2D eigenvalue weighted by Crippen LogP contribution is 2.28. The molecule has 6 nitrogen and oxygen atoms in total. The Morgan fingerprint density at radius 1 is 1.14 bits per heavy atom. The third kappa shape index (κ3) is 4.64. The Hall–Kier alpha value is -3.00. The van der Waals surface area contributed by atoms with E-state index in [4.69, 9.17) is 0 Å². The average Bonchev–Trinajstić information content (AvgIpc) is 3.22. The molecule has 2 heterocycles. The molecular formula is C20H20FN3O3S. The van der Waals surface area contributed by atoms with Gasteiger partial charge in [0.05, 0.1) is 10.8 Å². The second kappa shape index (κ2) is 8.79. The molecule has 1 unspecified atom stereocenters. The largest absolute Gasteiger partial charge is 0.338 e. The van der Waals surface area contributed by atoms with Crippen LogP contribution in [-0.4, -0.2) is 35.7 Å². The molecule has 1 aliphatic rings. The monoisotopic (exact) mass is 401 g/mol. The molecule has 0 saturated carbocycles. The van der Waals surface area contributed by atoms with Crippen LogP contribution in [0.15, 0.2) is 49.1 Å². The topological polar surface area (TPSA) is 78.5 Å². The van der Waals surface area contributed by atoms with Crippen molar-refractivity contribution in [3.63, 3.8) is 0 Å². The zero-order valence-corrected chi connectivity index (χ0v) is 15.9. The molecule has 0 bridgehead atoms. The smallest absolute Gasteiger partial charge is 0.279 e. The minimum Gasteiger partial charge on any atom is -0.338 e. The molecule has 3 amide bonds. The number of carbonyl (C=O) groups excluding carboxylic acids is 3. The molecule has 3 rings (SSSR count). The van der Waals surface area contributed by atoms with E-state index in [9.17, 15) is 18.8 Å². The van der Waals surface area contributed by atoms with Crippen molar-refractivity contribution in [3.8, 4) is 10.4 Å². The molecule has 0 spiro atoms. The summed E-state index contributed by atoms with van der Waals surface area (Å²) < 4.78 is 13.0. The molecule has 2 aromatic rings. The predicted molar refractivity (Wildman–Crippen MR) is 105 cm³/mol. The summed E-state index contributed by atoms with van der Waals surface area (Å²) in [5.74, 6) is -1.66. The molecule has 0 radical (unpaired) electrons. The Labute approximate surface area is 166 Å². The Balaban J connectivity index is 1.55. The van der Waals surface area contributed by atoms with Gasteiger partial charge in [0.15, 0.2) is 0 Å². The molecular weight excluding hydrogens is 381 g/mol. The summed E-state index contributed by atoms with van der Waals surface area (Å²) in [6.07, 6.45) is 2.60. The van der Waals surface area contributed by atoms with Gasteiger partial charge >= 0.3 is 0 Å². The normalized spacial score (nSPS) is 16.3. The van der Waals surface area contributed by atoms with Gasteiger partial charge in [-0.1, -0.05) is 18.7 Å². The molecule has 28 heavy (non-hydrogen) atoms. The summed E-state index contributed by atoms with van der Waals surface area (Å²) >= 11 is 1.24.